The molecular weight excluding hydrogens is 271 g/mol. The van der Waals surface area contributed by atoms with Gasteiger partial charge in [-0.25, -0.2) is 4.39 Å². The van der Waals surface area contributed by atoms with Crippen molar-refractivity contribution < 1.29 is 13.9 Å². The molecule has 0 aliphatic heterocycles. The van der Waals surface area contributed by atoms with Gasteiger partial charge in [0.25, 0.3) is 5.91 Å². The first-order chi connectivity index (χ1) is 10.2. The van der Waals surface area contributed by atoms with Gasteiger partial charge in [0.1, 0.15) is 0 Å². The zero-order valence-electron chi connectivity index (χ0n) is 12.5. The molecule has 2 N–H and O–H groups in total. The minimum atomic E-state index is -0.425. The third-order valence-corrected chi connectivity index (χ3v) is 3.41. The van der Waals surface area contributed by atoms with E-state index in [-0.39, 0.29) is 18.3 Å². The first-order valence-electron chi connectivity index (χ1n) is 7.61. The molecule has 1 aliphatic rings. The van der Waals surface area contributed by atoms with Crippen molar-refractivity contribution in [3.8, 4) is 5.75 Å². The zero-order chi connectivity index (χ0) is 15.1. The molecule has 0 unspecified atom stereocenters. The Labute approximate surface area is 125 Å². The van der Waals surface area contributed by atoms with E-state index in [9.17, 15) is 9.18 Å². The molecule has 0 spiro atoms. The van der Waals surface area contributed by atoms with E-state index in [1.54, 1.807) is 6.07 Å². The Hall–Kier alpha value is -1.62. The standard InChI is InChI=1S/C16H23FN2O2/c1-2-3-9-18-15(20)11-21-16-12(5-4-6-14(16)17)10-19-13-7-8-13/h4-6,13,19H,2-3,7-11H2,1H3,(H,18,20). The van der Waals surface area contributed by atoms with Crippen LogP contribution in [0.15, 0.2) is 18.2 Å². The second-order valence-corrected chi connectivity index (χ2v) is 5.38. The van der Waals surface area contributed by atoms with E-state index in [1.807, 2.05) is 6.07 Å². The highest BCUT2D eigenvalue weighted by Crippen LogP contribution is 2.25. The lowest BCUT2D eigenvalue weighted by Crippen LogP contribution is -2.30. The van der Waals surface area contributed by atoms with Crippen LogP contribution in [0.25, 0.3) is 0 Å². The predicted octanol–water partition coefficient (Wildman–Crippen LogP) is 2.37. The molecular formula is C16H23FN2O2. The number of ether oxygens (including phenoxy) is 1. The van der Waals surface area contributed by atoms with Crippen LogP contribution in [0.2, 0.25) is 0 Å². The Morgan fingerprint density at radius 1 is 1.43 bits per heavy atom. The molecule has 1 aromatic carbocycles. The van der Waals surface area contributed by atoms with Crippen LogP contribution < -0.4 is 15.4 Å². The average molecular weight is 294 g/mol. The van der Waals surface area contributed by atoms with Gasteiger partial charge in [-0.2, -0.15) is 0 Å². The normalized spacial score (nSPS) is 14.0. The highest BCUT2D eigenvalue weighted by molar-refractivity contribution is 5.77. The monoisotopic (exact) mass is 294 g/mol. The van der Waals surface area contributed by atoms with Gasteiger partial charge in [-0.3, -0.25) is 4.79 Å². The predicted molar refractivity (Wildman–Crippen MR) is 79.7 cm³/mol. The first kappa shape index (κ1) is 15.8. The highest BCUT2D eigenvalue weighted by atomic mass is 19.1. The third kappa shape index (κ3) is 5.34. The van der Waals surface area contributed by atoms with Crippen LogP contribution >= 0.6 is 0 Å². The lowest BCUT2D eigenvalue weighted by atomic mass is 10.2. The fourth-order valence-corrected chi connectivity index (χ4v) is 1.99. The van der Waals surface area contributed by atoms with E-state index in [4.69, 9.17) is 4.74 Å². The number of benzene rings is 1. The quantitative estimate of drug-likeness (QED) is 0.688. The molecule has 4 nitrogen and oxygen atoms in total. The Morgan fingerprint density at radius 3 is 2.95 bits per heavy atom. The molecule has 21 heavy (non-hydrogen) atoms. The number of carbonyl (C=O) groups excluding carboxylic acids is 1. The average Bonchev–Trinajstić information content (AvgIpc) is 3.28. The van der Waals surface area contributed by atoms with Crippen molar-refractivity contribution in [3.05, 3.63) is 29.6 Å². The molecule has 0 radical (unpaired) electrons. The van der Waals surface area contributed by atoms with E-state index in [0.717, 1.165) is 18.4 Å². The Balaban J connectivity index is 1.86. The van der Waals surface area contributed by atoms with Gasteiger partial charge in [-0.15, -0.1) is 0 Å². The number of hydrogen-bond acceptors (Lipinski definition) is 3. The number of hydrogen-bond donors (Lipinski definition) is 2. The minimum Gasteiger partial charge on any atom is -0.480 e. The van der Waals surface area contributed by atoms with Crippen LogP contribution in [-0.4, -0.2) is 25.1 Å². The summed E-state index contributed by atoms with van der Waals surface area (Å²) in [6, 6.07) is 5.37. The largest absolute Gasteiger partial charge is 0.480 e. The lowest BCUT2D eigenvalue weighted by Gasteiger charge is -2.13. The maximum Gasteiger partial charge on any atom is 0.257 e. The van der Waals surface area contributed by atoms with Crippen molar-refractivity contribution >= 4 is 5.91 Å². The molecule has 1 fully saturated rings. The van der Waals surface area contributed by atoms with Crippen molar-refractivity contribution in [3.63, 3.8) is 0 Å². The lowest BCUT2D eigenvalue weighted by molar-refractivity contribution is -0.123. The summed E-state index contributed by atoms with van der Waals surface area (Å²) in [5.41, 5.74) is 0.753. The fourth-order valence-electron chi connectivity index (χ4n) is 1.99. The number of amides is 1. The molecule has 0 bridgehead atoms. The van der Waals surface area contributed by atoms with E-state index in [2.05, 4.69) is 17.6 Å². The van der Waals surface area contributed by atoms with Crippen LogP contribution in [0.3, 0.4) is 0 Å². The van der Waals surface area contributed by atoms with Gasteiger partial charge in [-0.1, -0.05) is 25.5 Å². The maximum absolute atomic E-state index is 13.9. The SMILES string of the molecule is CCCCNC(=O)COc1c(F)cccc1CNC1CC1. The van der Waals surface area contributed by atoms with Crippen LogP contribution in [0.5, 0.6) is 5.75 Å². The highest BCUT2D eigenvalue weighted by Gasteiger charge is 2.21. The van der Waals surface area contributed by atoms with Crippen molar-refractivity contribution in [1.82, 2.24) is 10.6 Å². The van der Waals surface area contributed by atoms with E-state index >= 15 is 0 Å². The van der Waals surface area contributed by atoms with Crippen LogP contribution in [0, 0.1) is 5.82 Å². The van der Waals surface area contributed by atoms with E-state index < -0.39 is 5.82 Å². The maximum atomic E-state index is 13.9. The molecule has 5 heteroatoms. The summed E-state index contributed by atoms with van der Waals surface area (Å²) in [7, 11) is 0. The van der Waals surface area contributed by atoms with Gasteiger partial charge >= 0.3 is 0 Å². The second kappa shape index (κ2) is 7.98. The molecule has 1 aromatic rings. The molecule has 0 atom stereocenters. The van der Waals surface area contributed by atoms with Crippen molar-refractivity contribution in [2.75, 3.05) is 13.2 Å². The summed E-state index contributed by atoms with van der Waals surface area (Å²) in [6.45, 7) is 3.10. The summed E-state index contributed by atoms with van der Waals surface area (Å²) in [5, 5.41) is 6.07. The third-order valence-electron chi connectivity index (χ3n) is 3.41. The smallest absolute Gasteiger partial charge is 0.257 e. The number of carbonyl (C=O) groups is 1. The van der Waals surface area contributed by atoms with Gasteiger partial charge in [0.2, 0.25) is 0 Å². The van der Waals surface area contributed by atoms with Crippen LogP contribution in [-0.2, 0) is 11.3 Å². The van der Waals surface area contributed by atoms with Crippen LogP contribution in [0.4, 0.5) is 4.39 Å². The van der Waals surface area contributed by atoms with Crippen molar-refractivity contribution in [1.29, 1.82) is 0 Å². The second-order valence-electron chi connectivity index (χ2n) is 5.38. The molecule has 1 amide bonds. The molecule has 1 saturated carbocycles. The van der Waals surface area contributed by atoms with Gasteiger partial charge in [0, 0.05) is 24.7 Å². The Morgan fingerprint density at radius 2 is 2.24 bits per heavy atom. The molecule has 2 rings (SSSR count). The summed E-state index contributed by atoms with van der Waals surface area (Å²) >= 11 is 0. The fraction of sp³-hybridized carbons (Fsp3) is 0.562. The van der Waals surface area contributed by atoms with Crippen molar-refractivity contribution in [2.24, 2.45) is 0 Å². The van der Waals surface area contributed by atoms with Gasteiger partial charge in [0.05, 0.1) is 0 Å². The van der Waals surface area contributed by atoms with Gasteiger partial charge in [0.15, 0.2) is 18.2 Å². The molecule has 0 saturated heterocycles. The molecule has 116 valence electrons. The van der Waals surface area contributed by atoms with Gasteiger partial charge < -0.3 is 15.4 Å². The molecule has 1 aliphatic carbocycles. The Kier molecular flexibility index (Phi) is 5.99. The number of unbranched alkanes of at least 4 members (excludes halogenated alkanes) is 1. The zero-order valence-corrected chi connectivity index (χ0v) is 12.5. The molecule has 0 aromatic heterocycles. The van der Waals surface area contributed by atoms with Gasteiger partial charge in [-0.05, 0) is 25.3 Å². The number of halogens is 1. The van der Waals surface area contributed by atoms with E-state index in [1.165, 1.54) is 18.9 Å². The number of nitrogens with one attached hydrogen (secondary N) is 2. The first-order valence-corrected chi connectivity index (χ1v) is 7.61. The summed E-state index contributed by atoms with van der Waals surface area (Å²) in [5.74, 6) is -0.462. The summed E-state index contributed by atoms with van der Waals surface area (Å²) < 4.78 is 19.2. The molecule has 0 heterocycles. The van der Waals surface area contributed by atoms with Crippen molar-refractivity contribution in [2.45, 2.75) is 45.2 Å². The summed E-state index contributed by atoms with van der Waals surface area (Å²) in [6.07, 6.45) is 4.30. The number of para-hydroxylation sites is 1. The van der Waals surface area contributed by atoms with E-state index in [0.29, 0.717) is 19.1 Å². The Bertz CT molecular complexity index is 475. The minimum absolute atomic E-state index is 0.152. The number of rotatable bonds is 9. The summed E-state index contributed by atoms with van der Waals surface area (Å²) in [4.78, 5) is 11.6. The topological polar surface area (TPSA) is 50.4 Å². The van der Waals surface area contributed by atoms with Crippen LogP contribution in [0.1, 0.15) is 38.2 Å².